The van der Waals surface area contributed by atoms with E-state index in [0.29, 0.717) is 30.1 Å². The first-order valence-electron chi connectivity index (χ1n) is 8.84. The number of hydrazone groups is 1. The van der Waals surface area contributed by atoms with Crippen molar-refractivity contribution in [1.29, 1.82) is 0 Å². The maximum atomic E-state index is 14.5. The number of anilines is 1. The van der Waals surface area contributed by atoms with Gasteiger partial charge in [0.05, 0.1) is 11.9 Å². The zero-order valence-electron chi connectivity index (χ0n) is 15.3. The van der Waals surface area contributed by atoms with Gasteiger partial charge in [-0.25, -0.2) is 13.2 Å². The quantitative estimate of drug-likeness (QED) is 0.365. The second-order valence-corrected chi connectivity index (χ2v) is 7.42. The molecule has 3 rings (SSSR count). The normalized spacial score (nSPS) is 16.6. The molecule has 1 aliphatic heterocycles. The number of hydrogen-bond acceptors (Lipinski definition) is 4. The van der Waals surface area contributed by atoms with Gasteiger partial charge in [0.15, 0.2) is 5.11 Å². The SMILES string of the molecule is NC(=S)NN=Cc1cc(F)c(N2CC[C@H](NCc3c(F)cccc3Cl)C2)cc1F. The van der Waals surface area contributed by atoms with Crippen molar-refractivity contribution >= 4 is 40.8 Å². The molecule has 154 valence electrons. The minimum atomic E-state index is -0.621. The number of halogens is 4. The Morgan fingerprint density at radius 1 is 1.28 bits per heavy atom. The summed E-state index contributed by atoms with van der Waals surface area (Å²) >= 11 is 10.6. The Balaban J connectivity index is 1.64. The van der Waals surface area contributed by atoms with Gasteiger partial charge in [-0.15, -0.1) is 0 Å². The van der Waals surface area contributed by atoms with Gasteiger partial charge in [-0.05, 0) is 36.8 Å². The predicted molar refractivity (Wildman–Crippen MR) is 113 cm³/mol. The van der Waals surface area contributed by atoms with Crippen LogP contribution in [0.3, 0.4) is 0 Å². The van der Waals surface area contributed by atoms with E-state index in [1.165, 1.54) is 6.07 Å². The monoisotopic (exact) mass is 441 g/mol. The zero-order chi connectivity index (χ0) is 21.0. The molecule has 0 bridgehead atoms. The minimum Gasteiger partial charge on any atom is -0.375 e. The van der Waals surface area contributed by atoms with Crippen LogP contribution < -0.4 is 21.4 Å². The Hall–Kier alpha value is -2.36. The number of rotatable bonds is 6. The highest BCUT2D eigenvalue weighted by Gasteiger charge is 2.25. The highest BCUT2D eigenvalue weighted by atomic mass is 35.5. The lowest BCUT2D eigenvalue weighted by atomic mass is 10.1. The van der Waals surface area contributed by atoms with Crippen molar-refractivity contribution in [3.8, 4) is 0 Å². The molecule has 1 heterocycles. The maximum Gasteiger partial charge on any atom is 0.184 e. The third-order valence-electron chi connectivity index (χ3n) is 4.60. The highest BCUT2D eigenvalue weighted by molar-refractivity contribution is 7.80. The summed E-state index contributed by atoms with van der Waals surface area (Å²) in [5.41, 5.74) is 8.03. The molecule has 4 N–H and O–H groups in total. The van der Waals surface area contributed by atoms with E-state index in [-0.39, 0.29) is 34.8 Å². The van der Waals surface area contributed by atoms with Crippen LogP contribution in [0.1, 0.15) is 17.5 Å². The van der Waals surface area contributed by atoms with E-state index in [1.54, 1.807) is 17.0 Å². The van der Waals surface area contributed by atoms with Crippen LogP contribution in [0.15, 0.2) is 35.4 Å². The summed E-state index contributed by atoms with van der Waals surface area (Å²) in [6, 6.07) is 6.71. The van der Waals surface area contributed by atoms with Crippen molar-refractivity contribution in [3.05, 3.63) is 63.9 Å². The number of nitrogens with two attached hydrogens (primary N) is 1. The van der Waals surface area contributed by atoms with Crippen LogP contribution in [-0.4, -0.2) is 30.5 Å². The van der Waals surface area contributed by atoms with Crippen LogP contribution in [0.2, 0.25) is 5.02 Å². The van der Waals surface area contributed by atoms with Crippen LogP contribution in [0.5, 0.6) is 0 Å². The Kier molecular flexibility index (Phi) is 6.94. The predicted octanol–water partition coefficient (Wildman–Crippen LogP) is 3.29. The second-order valence-electron chi connectivity index (χ2n) is 6.57. The van der Waals surface area contributed by atoms with Crippen LogP contribution in [-0.2, 0) is 6.54 Å². The lowest BCUT2D eigenvalue weighted by Gasteiger charge is -2.20. The summed E-state index contributed by atoms with van der Waals surface area (Å²) in [6.45, 7) is 1.25. The highest BCUT2D eigenvalue weighted by Crippen LogP contribution is 2.27. The third kappa shape index (κ3) is 5.37. The van der Waals surface area contributed by atoms with Crippen LogP contribution in [0.25, 0.3) is 0 Å². The fourth-order valence-electron chi connectivity index (χ4n) is 3.15. The van der Waals surface area contributed by atoms with Gasteiger partial charge in [-0.3, -0.25) is 5.43 Å². The van der Waals surface area contributed by atoms with Crippen molar-refractivity contribution in [2.75, 3.05) is 18.0 Å². The van der Waals surface area contributed by atoms with E-state index in [0.717, 1.165) is 18.3 Å². The summed E-state index contributed by atoms with van der Waals surface area (Å²) < 4.78 is 42.7. The van der Waals surface area contributed by atoms with Crippen molar-refractivity contribution in [3.63, 3.8) is 0 Å². The van der Waals surface area contributed by atoms with Gasteiger partial charge < -0.3 is 16.0 Å². The molecule has 29 heavy (non-hydrogen) atoms. The molecular formula is C19H19ClF3N5S. The lowest BCUT2D eigenvalue weighted by Crippen LogP contribution is -2.32. The van der Waals surface area contributed by atoms with Crippen molar-refractivity contribution in [2.45, 2.75) is 19.0 Å². The number of hydrogen-bond donors (Lipinski definition) is 3. The summed E-state index contributed by atoms with van der Waals surface area (Å²) in [7, 11) is 0. The fourth-order valence-corrected chi connectivity index (χ4v) is 3.43. The van der Waals surface area contributed by atoms with Gasteiger partial charge in [-0.2, -0.15) is 5.10 Å². The molecule has 0 amide bonds. The molecule has 0 saturated carbocycles. The Labute approximate surface area is 176 Å². The Bertz CT molecular complexity index is 920. The van der Waals surface area contributed by atoms with E-state index in [4.69, 9.17) is 17.3 Å². The molecule has 0 aromatic heterocycles. The van der Waals surface area contributed by atoms with E-state index in [9.17, 15) is 13.2 Å². The molecule has 1 aliphatic rings. The summed E-state index contributed by atoms with van der Waals surface area (Å²) in [6.07, 6.45) is 1.81. The molecule has 0 spiro atoms. The van der Waals surface area contributed by atoms with E-state index in [1.807, 2.05) is 0 Å². The van der Waals surface area contributed by atoms with Crippen molar-refractivity contribution in [1.82, 2.24) is 10.7 Å². The molecule has 1 fully saturated rings. The molecular weight excluding hydrogens is 423 g/mol. The number of nitrogens with one attached hydrogen (secondary N) is 2. The maximum absolute atomic E-state index is 14.5. The Morgan fingerprint density at radius 2 is 2.07 bits per heavy atom. The molecule has 1 atom stereocenters. The zero-order valence-corrected chi connectivity index (χ0v) is 16.8. The van der Waals surface area contributed by atoms with E-state index < -0.39 is 11.6 Å². The average molecular weight is 442 g/mol. The van der Waals surface area contributed by atoms with Crippen molar-refractivity contribution in [2.24, 2.45) is 10.8 Å². The van der Waals surface area contributed by atoms with Gasteiger partial charge >= 0.3 is 0 Å². The largest absolute Gasteiger partial charge is 0.375 e. The first kappa shape index (κ1) is 21.4. The molecule has 0 radical (unpaired) electrons. The molecule has 2 aromatic carbocycles. The van der Waals surface area contributed by atoms with Gasteiger partial charge in [0.2, 0.25) is 0 Å². The molecule has 0 unspecified atom stereocenters. The van der Waals surface area contributed by atoms with Crippen LogP contribution in [0.4, 0.5) is 18.9 Å². The van der Waals surface area contributed by atoms with E-state index >= 15 is 0 Å². The first-order valence-corrected chi connectivity index (χ1v) is 9.62. The van der Waals surface area contributed by atoms with Gasteiger partial charge in [0.25, 0.3) is 0 Å². The molecule has 1 saturated heterocycles. The molecule has 2 aromatic rings. The molecule has 10 heteroatoms. The van der Waals surface area contributed by atoms with Gasteiger partial charge in [0.1, 0.15) is 17.5 Å². The number of nitrogens with zero attached hydrogens (tertiary/aromatic N) is 2. The summed E-state index contributed by atoms with van der Waals surface area (Å²) in [5.74, 6) is -1.57. The smallest absolute Gasteiger partial charge is 0.184 e. The average Bonchev–Trinajstić information content (AvgIpc) is 3.12. The van der Waals surface area contributed by atoms with Gasteiger partial charge in [0, 0.05) is 47.9 Å². The van der Waals surface area contributed by atoms with E-state index in [2.05, 4.69) is 28.1 Å². The van der Waals surface area contributed by atoms with Crippen LogP contribution >= 0.6 is 23.8 Å². The standard InChI is InChI=1S/C19H19ClF3N5S/c20-14-2-1-3-15(21)13(14)9-25-12-4-5-28(10-12)18-7-16(22)11(6-17(18)23)8-26-27-19(24)29/h1-3,6-8,12,25H,4-5,9-10H2,(H3,24,27,29)/t12-/m0/s1. The Morgan fingerprint density at radius 3 is 2.79 bits per heavy atom. The minimum absolute atomic E-state index is 0.0101. The number of benzene rings is 2. The second kappa shape index (κ2) is 9.43. The molecule has 0 aliphatic carbocycles. The van der Waals surface area contributed by atoms with Crippen molar-refractivity contribution < 1.29 is 13.2 Å². The van der Waals surface area contributed by atoms with Crippen LogP contribution in [0, 0.1) is 17.5 Å². The topological polar surface area (TPSA) is 65.7 Å². The summed E-state index contributed by atoms with van der Waals surface area (Å²) in [5, 5.41) is 7.14. The van der Waals surface area contributed by atoms with Gasteiger partial charge in [-0.1, -0.05) is 17.7 Å². The summed E-state index contributed by atoms with van der Waals surface area (Å²) in [4.78, 5) is 1.74. The third-order valence-corrected chi connectivity index (χ3v) is 5.05. The fraction of sp³-hybridized carbons (Fsp3) is 0.263. The number of thiocarbonyl (C=S) groups is 1. The first-order chi connectivity index (χ1) is 13.8. The molecule has 5 nitrogen and oxygen atoms in total. The lowest BCUT2D eigenvalue weighted by molar-refractivity contribution is 0.529.